The second-order valence-electron chi connectivity index (χ2n) is 5.40. The number of nitrogens with zero attached hydrogens (tertiary/aromatic N) is 3. The second kappa shape index (κ2) is 6.50. The standard InChI is InChI=1S/C17H18N4O2/c1-11-8-12(22-2)6-7-14(11)15-4-3-5-16-17(15)23-13(9-19-16)10-20-21-18/h3-8,13,19H,9-10H2,1-2H3. The Hall–Kier alpha value is -2.85. The molecule has 1 aliphatic rings. The number of ether oxygens (including phenoxy) is 2. The van der Waals surface area contributed by atoms with Gasteiger partial charge in [-0.3, -0.25) is 0 Å². The van der Waals surface area contributed by atoms with E-state index in [1.807, 2.05) is 43.3 Å². The molecule has 0 amide bonds. The maximum absolute atomic E-state index is 8.48. The maximum Gasteiger partial charge on any atom is 0.150 e. The van der Waals surface area contributed by atoms with Crippen LogP contribution in [-0.2, 0) is 0 Å². The first-order chi connectivity index (χ1) is 11.2. The number of hydrogen-bond acceptors (Lipinski definition) is 4. The van der Waals surface area contributed by atoms with Gasteiger partial charge in [0, 0.05) is 10.5 Å². The summed E-state index contributed by atoms with van der Waals surface area (Å²) in [5.41, 5.74) is 12.7. The molecule has 0 aliphatic carbocycles. The zero-order valence-corrected chi connectivity index (χ0v) is 13.1. The highest BCUT2D eigenvalue weighted by atomic mass is 16.5. The third-order valence-electron chi connectivity index (χ3n) is 3.89. The molecule has 2 aromatic carbocycles. The number of azide groups is 1. The summed E-state index contributed by atoms with van der Waals surface area (Å²) in [6, 6.07) is 12.0. The van der Waals surface area contributed by atoms with E-state index in [4.69, 9.17) is 15.0 Å². The number of fused-ring (bicyclic) bond motifs is 1. The molecule has 0 fully saturated rings. The Kier molecular flexibility index (Phi) is 4.26. The quantitative estimate of drug-likeness (QED) is 0.523. The van der Waals surface area contributed by atoms with Crippen molar-refractivity contribution in [3.8, 4) is 22.6 Å². The van der Waals surface area contributed by atoms with Crippen LogP contribution >= 0.6 is 0 Å². The monoisotopic (exact) mass is 310 g/mol. The molecule has 118 valence electrons. The second-order valence-corrected chi connectivity index (χ2v) is 5.40. The van der Waals surface area contributed by atoms with E-state index in [2.05, 4.69) is 15.3 Å². The van der Waals surface area contributed by atoms with Crippen LogP contribution < -0.4 is 14.8 Å². The van der Waals surface area contributed by atoms with Crippen molar-refractivity contribution in [2.75, 3.05) is 25.5 Å². The minimum atomic E-state index is -0.168. The third kappa shape index (κ3) is 3.03. The van der Waals surface area contributed by atoms with Crippen LogP contribution in [0.5, 0.6) is 11.5 Å². The van der Waals surface area contributed by atoms with E-state index >= 15 is 0 Å². The van der Waals surface area contributed by atoms with Gasteiger partial charge in [-0.05, 0) is 41.8 Å². The van der Waals surface area contributed by atoms with E-state index in [9.17, 15) is 0 Å². The van der Waals surface area contributed by atoms with E-state index in [-0.39, 0.29) is 6.10 Å². The molecule has 0 radical (unpaired) electrons. The van der Waals surface area contributed by atoms with Crippen molar-refractivity contribution < 1.29 is 9.47 Å². The minimum absolute atomic E-state index is 0.168. The summed E-state index contributed by atoms with van der Waals surface area (Å²) in [6.07, 6.45) is -0.168. The molecule has 1 aliphatic heterocycles. The van der Waals surface area contributed by atoms with Crippen LogP contribution in [0.2, 0.25) is 0 Å². The number of rotatable bonds is 4. The lowest BCUT2D eigenvalue weighted by Gasteiger charge is -2.28. The molecule has 0 saturated heterocycles. The average molecular weight is 310 g/mol. The Morgan fingerprint density at radius 1 is 1.35 bits per heavy atom. The van der Waals surface area contributed by atoms with Crippen molar-refractivity contribution in [3.05, 3.63) is 52.4 Å². The van der Waals surface area contributed by atoms with Gasteiger partial charge in [0.15, 0.2) is 5.75 Å². The summed E-state index contributed by atoms with van der Waals surface area (Å²) in [6.45, 7) is 2.97. The first-order valence-corrected chi connectivity index (χ1v) is 7.42. The predicted molar refractivity (Wildman–Crippen MR) is 90.1 cm³/mol. The largest absolute Gasteiger partial charge is 0.497 e. The van der Waals surface area contributed by atoms with Gasteiger partial charge in [0.2, 0.25) is 0 Å². The fraction of sp³-hybridized carbons (Fsp3) is 0.294. The highest BCUT2D eigenvalue weighted by molar-refractivity contribution is 5.80. The van der Waals surface area contributed by atoms with Crippen LogP contribution in [0, 0.1) is 6.92 Å². The Balaban J connectivity index is 2.00. The van der Waals surface area contributed by atoms with E-state index < -0.39 is 0 Å². The van der Waals surface area contributed by atoms with Crippen molar-refractivity contribution in [2.45, 2.75) is 13.0 Å². The molecule has 3 rings (SSSR count). The number of methoxy groups -OCH3 is 1. The van der Waals surface area contributed by atoms with Crippen LogP contribution in [0.15, 0.2) is 41.5 Å². The Morgan fingerprint density at radius 3 is 2.96 bits per heavy atom. The summed E-state index contributed by atoms with van der Waals surface area (Å²) < 4.78 is 11.3. The molecular formula is C17H18N4O2. The molecule has 23 heavy (non-hydrogen) atoms. The highest BCUT2D eigenvalue weighted by Crippen LogP contribution is 2.41. The molecule has 1 atom stereocenters. The van der Waals surface area contributed by atoms with Crippen LogP contribution in [-0.4, -0.2) is 26.3 Å². The third-order valence-corrected chi connectivity index (χ3v) is 3.89. The number of para-hydroxylation sites is 1. The van der Waals surface area contributed by atoms with Crippen molar-refractivity contribution in [2.24, 2.45) is 5.11 Å². The van der Waals surface area contributed by atoms with Crippen LogP contribution in [0.1, 0.15) is 5.56 Å². The van der Waals surface area contributed by atoms with Gasteiger partial charge < -0.3 is 14.8 Å². The summed E-state index contributed by atoms with van der Waals surface area (Å²) in [5.74, 6) is 1.63. The van der Waals surface area contributed by atoms with E-state index in [1.54, 1.807) is 7.11 Å². The summed E-state index contributed by atoms with van der Waals surface area (Å²) in [4.78, 5) is 2.80. The van der Waals surface area contributed by atoms with Crippen LogP contribution in [0.25, 0.3) is 21.6 Å². The van der Waals surface area contributed by atoms with Gasteiger partial charge in [0.05, 0.1) is 25.9 Å². The normalized spacial score (nSPS) is 15.7. The molecule has 1 N–H and O–H groups in total. The Morgan fingerprint density at radius 2 is 2.22 bits per heavy atom. The molecule has 0 bridgehead atoms. The summed E-state index contributed by atoms with van der Waals surface area (Å²) in [7, 11) is 1.66. The van der Waals surface area contributed by atoms with Crippen molar-refractivity contribution in [3.63, 3.8) is 0 Å². The maximum atomic E-state index is 8.48. The Bertz CT molecular complexity index is 769. The predicted octanol–water partition coefficient (Wildman–Crippen LogP) is 4.15. The molecule has 6 heteroatoms. The van der Waals surface area contributed by atoms with Gasteiger partial charge in [-0.1, -0.05) is 23.3 Å². The van der Waals surface area contributed by atoms with Crippen molar-refractivity contribution in [1.29, 1.82) is 0 Å². The first kappa shape index (κ1) is 15.1. The number of aryl methyl sites for hydroxylation is 1. The van der Waals surface area contributed by atoms with Gasteiger partial charge in [-0.25, -0.2) is 0 Å². The van der Waals surface area contributed by atoms with Gasteiger partial charge in [-0.2, -0.15) is 0 Å². The Labute approximate surface area is 134 Å². The average Bonchev–Trinajstić information content (AvgIpc) is 2.59. The SMILES string of the molecule is COc1ccc(-c2cccc3c2OC(CN=[N+]=[N-])CN3)c(C)c1. The van der Waals surface area contributed by atoms with Crippen molar-refractivity contribution >= 4 is 5.69 Å². The lowest BCUT2D eigenvalue weighted by Crippen LogP contribution is -2.33. The van der Waals surface area contributed by atoms with E-state index in [1.165, 1.54) is 0 Å². The topological polar surface area (TPSA) is 79.2 Å². The van der Waals surface area contributed by atoms with Gasteiger partial charge in [0.25, 0.3) is 0 Å². The minimum Gasteiger partial charge on any atom is -0.497 e. The van der Waals surface area contributed by atoms with E-state index in [0.29, 0.717) is 13.1 Å². The first-order valence-electron chi connectivity index (χ1n) is 7.42. The molecule has 0 saturated carbocycles. The van der Waals surface area contributed by atoms with Gasteiger partial charge in [0.1, 0.15) is 11.9 Å². The zero-order chi connectivity index (χ0) is 16.2. The molecule has 1 unspecified atom stereocenters. The molecule has 2 aromatic rings. The lowest BCUT2D eigenvalue weighted by atomic mass is 9.98. The number of benzene rings is 2. The van der Waals surface area contributed by atoms with Crippen LogP contribution in [0.4, 0.5) is 5.69 Å². The molecule has 0 aromatic heterocycles. The van der Waals surface area contributed by atoms with Gasteiger partial charge >= 0.3 is 0 Å². The fourth-order valence-corrected chi connectivity index (χ4v) is 2.74. The lowest BCUT2D eigenvalue weighted by molar-refractivity contribution is 0.215. The molecular weight excluding hydrogens is 292 g/mol. The molecule has 1 heterocycles. The van der Waals surface area contributed by atoms with Gasteiger partial charge in [-0.15, -0.1) is 0 Å². The van der Waals surface area contributed by atoms with Crippen molar-refractivity contribution in [1.82, 2.24) is 0 Å². The zero-order valence-electron chi connectivity index (χ0n) is 13.1. The number of hydrogen-bond donors (Lipinski definition) is 1. The highest BCUT2D eigenvalue weighted by Gasteiger charge is 2.22. The van der Waals surface area contributed by atoms with Crippen LogP contribution in [0.3, 0.4) is 0 Å². The van der Waals surface area contributed by atoms with E-state index in [0.717, 1.165) is 33.9 Å². The smallest absolute Gasteiger partial charge is 0.150 e. The number of anilines is 1. The summed E-state index contributed by atoms with van der Waals surface area (Å²) >= 11 is 0. The fourth-order valence-electron chi connectivity index (χ4n) is 2.74. The molecule has 6 nitrogen and oxygen atoms in total. The summed E-state index contributed by atoms with van der Waals surface area (Å²) in [5, 5.41) is 6.95. The number of nitrogens with one attached hydrogen (secondary N) is 1. The molecule has 0 spiro atoms.